The molecular weight excluding hydrogens is 162 g/mol. The number of aliphatic hydroxyl groups excluding tert-OH is 1. The molecule has 0 saturated heterocycles. The van der Waals surface area contributed by atoms with Crippen LogP contribution in [0.25, 0.3) is 10.8 Å². The summed E-state index contributed by atoms with van der Waals surface area (Å²) < 4.78 is 0. The second-order valence-corrected chi connectivity index (χ2v) is 3.10. The quantitative estimate of drug-likeness (QED) is 0.647. The van der Waals surface area contributed by atoms with Gasteiger partial charge in [-0.05, 0) is 34.5 Å². The molecule has 0 radical (unpaired) electrons. The van der Waals surface area contributed by atoms with Gasteiger partial charge in [-0.15, -0.1) is 0 Å². The summed E-state index contributed by atoms with van der Waals surface area (Å²) in [5.41, 5.74) is 7.34. The SMILES string of the molecule is Nc1ccc2cc(CO)ccc2c1. The van der Waals surface area contributed by atoms with Crippen molar-refractivity contribution in [3.05, 3.63) is 42.0 Å². The van der Waals surface area contributed by atoms with Gasteiger partial charge < -0.3 is 10.8 Å². The summed E-state index contributed by atoms with van der Waals surface area (Å²) in [5, 5.41) is 11.1. The van der Waals surface area contributed by atoms with Crippen molar-refractivity contribution >= 4 is 16.5 Å². The Morgan fingerprint density at radius 3 is 2.46 bits per heavy atom. The zero-order chi connectivity index (χ0) is 9.26. The molecule has 3 N–H and O–H groups in total. The Labute approximate surface area is 76.6 Å². The van der Waals surface area contributed by atoms with Gasteiger partial charge >= 0.3 is 0 Å². The Kier molecular flexibility index (Phi) is 1.91. The van der Waals surface area contributed by atoms with Crippen LogP contribution in [0.5, 0.6) is 0 Å². The molecule has 0 aliphatic carbocycles. The number of nitrogens with two attached hydrogens (primary N) is 1. The molecule has 2 heteroatoms. The molecule has 0 saturated carbocycles. The van der Waals surface area contributed by atoms with E-state index in [0.29, 0.717) is 0 Å². The van der Waals surface area contributed by atoms with Crippen LogP contribution < -0.4 is 5.73 Å². The van der Waals surface area contributed by atoms with Crippen LogP contribution in [-0.4, -0.2) is 5.11 Å². The fraction of sp³-hybridized carbons (Fsp3) is 0.0909. The lowest BCUT2D eigenvalue weighted by atomic mass is 10.1. The third kappa shape index (κ3) is 1.48. The van der Waals surface area contributed by atoms with Crippen molar-refractivity contribution < 1.29 is 5.11 Å². The number of benzene rings is 2. The van der Waals surface area contributed by atoms with Crippen molar-refractivity contribution in [3.8, 4) is 0 Å². The lowest BCUT2D eigenvalue weighted by Gasteiger charge is -2.01. The topological polar surface area (TPSA) is 46.2 Å². The molecule has 2 nitrogen and oxygen atoms in total. The highest BCUT2D eigenvalue weighted by Gasteiger charge is 1.95. The molecule has 0 heterocycles. The zero-order valence-corrected chi connectivity index (χ0v) is 7.20. The van der Waals surface area contributed by atoms with Gasteiger partial charge in [-0.2, -0.15) is 0 Å². The second-order valence-electron chi connectivity index (χ2n) is 3.10. The fourth-order valence-electron chi connectivity index (χ4n) is 1.41. The first-order valence-corrected chi connectivity index (χ1v) is 4.18. The minimum atomic E-state index is 0.0836. The summed E-state index contributed by atoms with van der Waals surface area (Å²) in [5.74, 6) is 0. The maximum absolute atomic E-state index is 8.93. The molecule has 0 fully saturated rings. The molecule has 0 unspecified atom stereocenters. The van der Waals surface area contributed by atoms with Gasteiger partial charge in [-0.1, -0.05) is 18.2 Å². The van der Waals surface area contributed by atoms with Crippen molar-refractivity contribution in [2.45, 2.75) is 6.61 Å². The van der Waals surface area contributed by atoms with Gasteiger partial charge in [0, 0.05) is 5.69 Å². The first-order chi connectivity index (χ1) is 6.29. The van der Waals surface area contributed by atoms with Crippen LogP contribution in [0, 0.1) is 0 Å². The van der Waals surface area contributed by atoms with Gasteiger partial charge in [-0.25, -0.2) is 0 Å². The van der Waals surface area contributed by atoms with Crippen LogP contribution in [-0.2, 0) is 6.61 Å². The van der Waals surface area contributed by atoms with Crippen molar-refractivity contribution in [1.82, 2.24) is 0 Å². The lowest BCUT2D eigenvalue weighted by molar-refractivity contribution is 0.282. The van der Waals surface area contributed by atoms with Gasteiger partial charge in [0.15, 0.2) is 0 Å². The van der Waals surface area contributed by atoms with E-state index in [1.165, 1.54) is 0 Å². The maximum Gasteiger partial charge on any atom is 0.0682 e. The molecule has 2 aromatic carbocycles. The first kappa shape index (κ1) is 8.08. The first-order valence-electron chi connectivity index (χ1n) is 4.18. The lowest BCUT2D eigenvalue weighted by Crippen LogP contribution is -1.86. The van der Waals surface area contributed by atoms with Gasteiger partial charge in [0.2, 0.25) is 0 Å². The van der Waals surface area contributed by atoms with Crippen LogP contribution in [0.15, 0.2) is 36.4 Å². The van der Waals surface area contributed by atoms with Crippen molar-refractivity contribution in [1.29, 1.82) is 0 Å². The fourth-order valence-corrected chi connectivity index (χ4v) is 1.41. The number of hydrogen-bond acceptors (Lipinski definition) is 2. The Hall–Kier alpha value is -1.54. The summed E-state index contributed by atoms with van der Waals surface area (Å²) in [6.45, 7) is 0.0836. The van der Waals surface area contributed by atoms with Crippen LogP contribution in [0.1, 0.15) is 5.56 Å². The van der Waals surface area contributed by atoms with Crippen molar-refractivity contribution in [2.75, 3.05) is 5.73 Å². The van der Waals surface area contributed by atoms with E-state index in [9.17, 15) is 0 Å². The molecule has 2 rings (SSSR count). The molecule has 13 heavy (non-hydrogen) atoms. The Bertz CT molecular complexity index is 437. The molecule has 0 atom stereocenters. The van der Waals surface area contributed by atoms with E-state index in [1.807, 2.05) is 36.4 Å². The van der Waals surface area contributed by atoms with Crippen molar-refractivity contribution in [2.24, 2.45) is 0 Å². The standard InChI is InChI=1S/C11H11NO/c12-11-4-3-9-5-8(7-13)1-2-10(9)6-11/h1-6,13H,7,12H2. The van der Waals surface area contributed by atoms with E-state index in [1.54, 1.807) is 0 Å². The molecule has 0 bridgehead atoms. The normalized spacial score (nSPS) is 10.5. The zero-order valence-electron chi connectivity index (χ0n) is 7.20. The predicted octanol–water partition coefficient (Wildman–Crippen LogP) is 1.91. The Morgan fingerprint density at radius 2 is 1.69 bits per heavy atom. The number of aliphatic hydroxyl groups is 1. The number of nitrogen functional groups attached to an aromatic ring is 1. The molecule has 0 amide bonds. The van der Waals surface area contributed by atoms with E-state index in [-0.39, 0.29) is 6.61 Å². The van der Waals surface area contributed by atoms with Crippen LogP contribution in [0.2, 0.25) is 0 Å². The molecule has 66 valence electrons. The average Bonchev–Trinajstić information content (AvgIpc) is 2.17. The van der Waals surface area contributed by atoms with Gasteiger partial charge in [0.05, 0.1) is 6.61 Å². The van der Waals surface area contributed by atoms with Gasteiger partial charge in [0.25, 0.3) is 0 Å². The number of fused-ring (bicyclic) bond motifs is 1. The van der Waals surface area contributed by atoms with E-state index in [0.717, 1.165) is 22.0 Å². The third-order valence-corrected chi connectivity index (χ3v) is 2.11. The Morgan fingerprint density at radius 1 is 1.00 bits per heavy atom. The number of rotatable bonds is 1. The number of anilines is 1. The molecular formula is C11H11NO. The molecule has 0 aromatic heterocycles. The summed E-state index contributed by atoms with van der Waals surface area (Å²) >= 11 is 0. The Balaban J connectivity index is 2.66. The third-order valence-electron chi connectivity index (χ3n) is 2.11. The largest absolute Gasteiger partial charge is 0.399 e. The number of hydrogen-bond donors (Lipinski definition) is 2. The monoisotopic (exact) mass is 173 g/mol. The van der Waals surface area contributed by atoms with E-state index in [2.05, 4.69) is 0 Å². The van der Waals surface area contributed by atoms with Crippen molar-refractivity contribution in [3.63, 3.8) is 0 Å². The molecule has 0 aliphatic heterocycles. The molecule has 0 spiro atoms. The maximum atomic E-state index is 8.93. The minimum absolute atomic E-state index is 0.0836. The van der Waals surface area contributed by atoms with E-state index in [4.69, 9.17) is 10.8 Å². The second kappa shape index (κ2) is 3.07. The van der Waals surface area contributed by atoms with Crippen LogP contribution in [0.3, 0.4) is 0 Å². The van der Waals surface area contributed by atoms with E-state index >= 15 is 0 Å². The van der Waals surface area contributed by atoms with Crippen LogP contribution in [0.4, 0.5) is 5.69 Å². The average molecular weight is 173 g/mol. The summed E-state index contributed by atoms with van der Waals surface area (Å²) in [6, 6.07) is 11.6. The smallest absolute Gasteiger partial charge is 0.0682 e. The highest BCUT2D eigenvalue weighted by atomic mass is 16.3. The molecule has 0 aliphatic rings. The highest BCUT2D eigenvalue weighted by molar-refractivity contribution is 5.85. The van der Waals surface area contributed by atoms with E-state index < -0.39 is 0 Å². The molecule has 2 aromatic rings. The highest BCUT2D eigenvalue weighted by Crippen LogP contribution is 2.18. The summed E-state index contributed by atoms with van der Waals surface area (Å²) in [4.78, 5) is 0. The predicted molar refractivity (Wildman–Crippen MR) is 54.3 cm³/mol. The van der Waals surface area contributed by atoms with Gasteiger partial charge in [-0.3, -0.25) is 0 Å². The summed E-state index contributed by atoms with van der Waals surface area (Å²) in [7, 11) is 0. The minimum Gasteiger partial charge on any atom is -0.399 e. The summed E-state index contributed by atoms with van der Waals surface area (Å²) in [6.07, 6.45) is 0. The van der Waals surface area contributed by atoms with Crippen LogP contribution >= 0.6 is 0 Å². The van der Waals surface area contributed by atoms with Gasteiger partial charge in [0.1, 0.15) is 0 Å².